The van der Waals surface area contributed by atoms with Crippen molar-refractivity contribution < 1.29 is 4.79 Å². The van der Waals surface area contributed by atoms with Gasteiger partial charge in [-0.2, -0.15) is 0 Å². The van der Waals surface area contributed by atoms with Crippen LogP contribution in [0.3, 0.4) is 0 Å². The summed E-state index contributed by atoms with van der Waals surface area (Å²) in [6.45, 7) is 0.770. The molecular weight excluding hydrogens is 248 g/mol. The zero-order valence-corrected chi connectivity index (χ0v) is 12.0. The minimum Gasteiger partial charge on any atom is -0.352 e. The molecule has 1 amide bonds. The zero-order valence-electron chi connectivity index (χ0n) is 12.0. The highest BCUT2D eigenvalue weighted by Crippen LogP contribution is 2.57. The Kier molecular flexibility index (Phi) is 2.84. The van der Waals surface area contributed by atoms with Gasteiger partial charge in [-0.05, 0) is 67.7 Å². The predicted molar refractivity (Wildman–Crippen MR) is 78.6 cm³/mol. The van der Waals surface area contributed by atoms with E-state index in [0.29, 0.717) is 6.04 Å². The summed E-state index contributed by atoms with van der Waals surface area (Å²) >= 11 is 0. The summed E-state index contributed by atoms with van der Waals surface area (Å²) in [5.41, 5.74) is 3.37. The van der Waals surface area contributed by atoms with Crippen LogP contribution in [0.4, 0.5) is 0 Å². The highest BCUT2D eigenvalue weighted by molar-refractivity contribution is 5.96. The first kappa shape index (κ1) is 12.4. The average molecular weight is 270 g/mol. The fourth-order valence-corrected chi connectivity index (χ4v) is 4.33. The Hall–Kier alpha value is -1.35. The summed E-state index contributed by atoms with van der Waals surface area (Å²) in [5.74, 6) is 2.83. The molecule has 2 aliphatic carbocycles. The van der Waals surface area contributed by atoms with Gasteiger partial charge in [-0.3, -0.25) is 4.79 Å². The van der Waals surface area contributed by atoms with Crippen molar-refractivity contribution in [2.75, 3.05) is 13.6 Å². The van der Waals surface area contributed by atoms with Crippen molar-refractivity contribution in [3.63, 3.8) is 0 Å². The van der Waals surface area contributed by atoms with E-state index in [-0.39, 0.29) is 5.91 Å². The van der Waals surface area contributed by atoms with Gasteiger partial charge in [0.2, 0.25) is 0 Å². The van der Waals surface area contributed by atoms with Crippen LogP contribution in [0, 0.1) is 17.8 Å². The molecule has 2 fully saturated rings. The van der Waals surface area contributed by atoms with Gasteiger partial charge in [0.05, 0.1) is 0 Å². The molecule has 2 N–H and O–H groups in total. The minimum atomic E-state index is 0.0947. The van der Waals surface area contributed by atoms with E-state index in [9.17, 15) is 4.79 Å². The predicted octanol–water partition coefficient (Wildman–Crippen LogP) is 2.28. The molecule has 3 aliphatic rings. The Labute approximate surface area is 120 Å². The molecule has 0 bridgehead atoms. The van der Waals surface area contributed by atoms with Crippen molar-refractivity contribution in [3.8, 4) is 0 Å². The number of nitrogens with one attached hydrogen (secondary N) is 2. The summed E-state index contributed by atoms with van der Waals surface area (Å²) in [6, 6.07) is 6.91. The second kappa shape index (κ2) is 4.59. The number of carbonyl (C=O) groups is 1. The summed E-state index contributed by atoms with van der Waals surface area (Å²) in [7, 11) is 2.05. The first-order valence-corrected chi connectivity index (χ1v) is 7.84. The Morgan fingerprint density at radius 3 is 2.80 bits per heavy atom. The highest BCUT2D eigenvalue weighted by Gasteiger charge is 2.47. The molecule has 20 heavy (non-hydrogen) atoms. The molecular formula is C17H22N2O. The molecule has 1 aromatic carbocycles. The van der Waals surface area contributed by atoms with Gasteiger partial charge in [0.25, 0.3) is 5.91 Å². The van der Waals surface area contributed by atoms with Crippen LogP contribution < -0.4 is 10.6 Å². The van der Waals surface area contributed by atoms with Crippen molar-refractivity contribution in [2.45, 2.75) is 31.7 Å². The summed E-state index contributed by atoms with van der Waals surface area (Å²) in [5, 5.41) is 6.44. The Morgan fingerprint density at radius 2 is 2.05 bits per heavy atom. The molecule has 1 aromatic rings. The van der Waals surface area contributed by atoms with Crippen LogP contribution in [0.25, 0.3) is 0 Å². The quantitative estimate of drug-likeness (QED) is 0.884. The van der Waals surface area contributed by atoms with Crippen LogP contribution in [0.1, 0.15) is 46.8 Å². The normalized spacial score (nSPS) is 32.2. The Balaban J connectivity index is 1.63. The van der Waals surface area contributed by atoms with Crippen molar-refractivity contribution in [1.82, 2.24) is 10.6 Å². The Morgan fingerprint density at radius 1 is 1.25 bits per heavy atom. The first-order valence-electron chi connectivity index (χ1n) is 7.84. The molecule has 3 unspecified atom stereocenters. The number of hydrogen-bond donors (Lipinski definition) is 2. The van der Waals surface area contributed by atoms with Gasteiger partial charge >= 0.3 is 0 Å². The molecule has 0 radical (unpaired) electrons. The van der Waals surface area contributed by atoms with Crippen molar-refractivity contribution in [1.29, 1.82) is 0 Å². The van der Waals surface area contributed by atoms with Crippen LogP contribution in [0.5, 0.6) is 0 Å². The zero-order chi connectivity index (χ0) is 13.7. The van der Waals surface area contributed by atoms with E-state index in [2.05, 4.69) is 28.8 Å². The van der Waals surface area contributed by atoms with Gasteiger partial charge in [-0.25, -0.2) is 0 Å². The SMILES string of the molecule is CNC(c1ccc2c(c1)C(=O)NCC2)C1CC2CC2C1. The average Bonchev–Trinajstić information content (AvgIpc) is 3.07. The number of fused-ring (bicyclic) bond motifs is 2. The molecule has 4 rings (SSSR count). The lowest BCUT2D eigenvalue weighted by Crippen LogP contribution is -2.32. The smallest absolute Gasteiger partial charge is 0.251 e. The van der Waals surface area contributed by atoms with Gasteiger partial charge in [0.1, 0.15) is 0 Å². The number of benzene rings is 1. The second-order valence-corrected chi connectivity index (χ2v) is 6.68. The maximum Gasteiger partial charge on any atom is 0.251 e. The lowest BCUT2D eigenvalue weighted by Gasteiger charge is -2.26. The fraction of sp³-hybridized carbons (Fsp3) is 0.588. The third-order valence-electron chi connectivity index (χ3n) is 5.48. The van der Waals surface area contributed by atoms with Gasteiger partial charge in [-0.1, -0.05) is 12.1 Å². The molecule has 0 saturated heterocycles. The van der Waals surface area contributed by atoms with E-state index in [1.807, 2.05) is 7.05 Å². The molecule has 106 valence electrons. The molecule has 2 saturated carbocycles. The summed E-state index contributed by atoms with van der Waals surface area (Å²) in [4.78, 5) is 12.0. The number of rotatable bonds is 3. The van der Waals surface area contributed by atoms with Gasteiger partial charge in [0, 0.05) is 18.2 Å². The van der Waals surface area contributed by atoms with E-state index >= 15 is 0 Å². The fourth-order valence-electron chi connectivity index (χ4n) is 4.33. The summed E-state index contributed by atoms with van der Waals surface area (Å²) in [6.07, 6.45) is 5.14. The van der Waals surface area contributed by atoms with Gasteiger partial charge < -0.3 is 10.6 Å². The topological polar surface area (TPSA) is 41.1 Å². The number of amides is 1. The third-order valence-corrected chi connectivity index (χ3v) is 5.48. The van der Waals surface area contributed by atoms with Gasteiger partial charge in [-0.15, -0.1) is 0 Å². The lowest BCUT2D eigenvalue weighted by molar-refractivity contribution is 0.0946. The van der Waals surface area contributed by atoms with E-state index in [4.69, 9.17) is 0 Å². The molecule has 0 spiro atoms. The standard InChI is InChI=1S/C17H22N2O/c1-18-16(14-7-12-6-13(12)8-14)11-3-2-10-4-5-19-17(20)15(10)9-11/h2-3,9,12-14,16,18H,4-8H2,1H3,(H,19,20). The van der Waals surface area contributed by atoms with E-state index in [1.165, 1.54) is 30.4 Å². The maximum atomic E-state index is 12.0. The van der Waals surface area contributed by atoms with Crippen LogP contribution in [-0.4, -0.2) is 19.5 Å². The minimum absolute atomic E-state index is 0.0947. The third kappa shape index (κ3) is 1.96. The lowest BCUT2D eigenvalue weighted by atomic mass is 9.87. The number of hydrogen-bond acceptors (Lipinski definition) is 2. The first-order chi connectivity index (χ1) is 9.76. The Bertz CT molecular complexity index is 544. The van der Waals surface area contributed by atoms with E-state index in [1.54, 1.807) is 0 Å². The van der Waals surface area contributed by atoms with Crippen LogP contribution in [-0.2, 0) is 6.42 Å². The molecule has 1 aliphatic heterocycles. The maximum absolute atomic E-state index is 12.0. The molecule has 0 aromatic heterocycles. The van der Waals surface area contributed by atoms with E-state index < -0.39 is 0 Å². The molecule has 3 heteroatoms. The number of carbonyl (C=O) groups excluding carboxylic acids is 1. The van der Waals surface area contributed by atoms with E-state index in [0.717, 1.165) is 36.3 Å². The highest BCUT2D eigenvalue weighted by atomic mass is 16.1. The van der Waals surface area contributed by atoms with Crippen molar-refractivity contribution >= 4 is 5.91 Å². The monoisotopic (exact) mass is 270 g/mol. The second-order valence-electron chi connectivity index (χ2n) is 6.68. The molecule has 1 heterocycles. The van der Waals surface area contributed by atoms with Crippen molar-refractivity contribution in [3.05, 3.63) is 34.9 Å². The van der Waals surface area contributed by atoms with Crippen LogP contribution >= 0.6 is 0 Å². The summed E-state index contributed by atoms with van der Waals surface area (Å²) < 4.78 is 0. The molecule has 3 atom stereocenters. The van der Waals surface area contributed by atoms with Crippen LogP contribution in [0.15, 0.2) is 18.2 Å². The largest absolute Gasteiger partial charge is 0.352 e. The molecule has 3 nitrogen and oxygen atoms in total. The van der Waals surface area contributed by atoms with Crippen molar-refractivity contribution in [2.24, 2.45) is 17.8 Å². The van der Waals surface area contributed by atoms with Crippen LogP contribution in [0.2, 0.25) is 0 Å². The van der Waals surface area contributed by atoms with Gasteiger partial charge in [0.15, 0.2) is 0 Å².